The first kappa shape index (κ1) is 24.5. The van der Waals surface area contributed by atoms with E-state index in [1.54, 1.807) is 20.4 Å². The molecule has 35 heavy (non-hydrogen) atoms. The van der Waals surface area contributed by atoms with Crippen LogP contribution in [0.2, 0.25) is 0 Å². The maximum Gasteiger partial charge on any atom is 0.417 e. The average molecular weight is 493 g/mol. The van der Waals surface area contributed by atoms with E-state index in [1.165, 1.54) is 11.9 Å². The Morgan fingerprint density at radius 1 is 1.31 bits per heavy atom. The van der Waals surface area contributed by atoms with Gasteiger partial charge in [0.1, 0.15) is 17.0 Å². The SMILES string of the molecule is COCc1cc2nc(N3CCC(N(C)C(=O)Nc4cc(C(F)(F)F)cn(C)c4=O)CC3)cnc2[nH]1. The first-order valence-corrected chi connectivity index (χ1v) is 11.0. The summed E-state index contributed by atoms with van der Waals surface area (Å²) in [5.41, 5.74) is 0.132. The summed E-state index contributed by atoms with van der Waals surface area (Å²) in [6.07, 6.45) is -1.01. The molecule has 4 heterocycles. The minimum atomic E-state index is -4.64. The number of urea groups is 1. The number of ether oxygens (including phenoxy) is 1. The third-order valence-corrected chi connectivity index (χ3v) is 6.09. The second-order valence-electron chi connectivity index (χ2n) is 8.51. The third kappa shape index (κ3) is 5.24. The molecule has 0 saturated carbocycles. The van der Waals surface area contributed by atoms with Gasteiger partial charge in [0.05, 0.1) is 18.4 Å². The highest BCUT2D eigenvalue weighted by atomic mass is 19.4. The van der Waals surface area contributed by atoms with E-state index in [9.17, 15) is 22.8 Å². The molecule has 0 unspecified atom stereocenters. The number of H-pyrrole nitrogens is 1. The average Bonchev–Trinajstić information content (AvgIpc) is 3.22. The van der Waals surface area contributed by atoms with Crippen LogP contribution in [0.1, 0.15) is 24.1 Å². The van der Waals surface area contributed by atoms with Gasteiger partial charge in [-0.3, -0.25) is 4.79 Å². The van der Waals surface area contributed by atoms with E-state index >= 15 is 0 Å². The number of piperidine rings is 1. The van der Waals surface area contributed by atoms with Crippen LogP contribution in [0.25, 0.3) is 11.2 Å². The molecule has 13 heteroatoms. The molecule has 188 valence electrons. The van der Waals surface area contributed by atoms with Crippen molar-refractivity contribution in [1.82, 2.24) is 24.4 Å². The monoisotopic (exact) mass is 493 g/mol. The number of hydrogen-bond donors (Lipinski definition) is 2. The van der Waals surface area contributed by atoms with Crippen LogP contribution in [0.5, 0.6) is 0 Å². The van der Waals surface area contributed by atoms with Crippen molar-refractivity contribution >= 4 is 28.7 Å². The second kappa shape index (κ2) is 9.56. The fraction of sp³-hybridized carbons (Fsp3) is 0.455. The quantitative estimate of drug-likeness (QED) is 0.566. The number of amides is 2. The molecule has 0 radical (unpaired) electrons. The minimum Gasteiger partial charge on any atom is -0.378 e. The maximum atomic E-state index is 13.1. The molecule has 10 nitrogen and oxygen atoms in total. The Morgan fingerprint density at radius 2 is 2.03 bits per heavy atom. The van der Waals surface area contributed by atoms with Gasteiger partial charge in [-0.1, -0.05) is 0 Å². The van der Waals surface area contributed by atoms with E-state index in [2.05, 4.69) is 25.2 Å². The van der Waals surface area contributed by atoms with Gasteiger partial charge in [0.25, 0.3) is 5.56 Å². The van der Waals surface area contributed by atoms with Crippen molar-refractivity contribution in [2.24, 2.45) is 7.05 Å². The normalized spacial score (nSPS) is 15.0. The third-order valence-electron chi connectivity index (χ3n) is 6.09. The number of carbonyl (C=O) groups is 1. The molecule has 0 aliphatic carbocycles. The first-order chi connectivity index (χ1) is 16.6. The zero-order valence-electron chi connectivity index (χ0n) is 19.5. The largest absolute Gasteiger partial charge is 0.417 e. The molecule has 1 aliphatic heterocycles. The van der Waals surface area contributed by atoms with Gasteiger partial charge in [0.15, 0.2) is 5.65 Å². The van der Waals surface area contributed by atoms with Crippen LogP contribution < -0.4 is 15.8 Å². The lowest BCUT2D eigenvalue weighted by Crippen LogP contribution is -2.47. The number of nitrogens with zero attached hydrogens (tertiary/aromatic N) is 5. The zero-order valence-corrected chi connectivity index (χ0v) is 19.5. The Hall–Kier alpha value is -3.61. The molecule has 4 rings (SSSR count). The first-order valence-electron chi connectivity index (χ1n) is 11.0. The molecule has 0 spiro atoms. The molecule has 2 N–H and O–H groups in total. The van der Waals surface area contributed by atoms with Gasteiger partial charge in [-0.2, -0.15) is 13.2 Å². The van der Waals surface area contributed by atoms with E-state index in [4.69, 9.17) is 4.74 Å². The lowest BCUT2D eigenvalue weighted by molar-refractivity contribution is -0.138. The van der Waals surface area contributed by atoms with Gasteiger partial charge in [-0.25, -0.2) is 14.8 Å². The molecule has 3 aromatic heterocycles. The number of aryl methyl sites for hydroxylation is 1. The number of fused-ring (bicyclic) bond motifs is 1. The Morgan fingerprint density at radius 3 is 2.69 bits per heavy atom. The molecule has 1 aliphatic rings. The van der Waals surface area contributed by atoms with Gasteiger partial charge in [-0.05, 0) is 25.0 Å². The van der Waals surface area contributed by atoms with E-state index in [-0.39, 0.29) is 6.04 Å². The Balaban J connectivity index is 1.40. The van der Waals surface area contributed by atoms with Crippen molar-refractivity contribution in [1.29, 1.82) is 0 Å². The highest BCUT2D eigenvalue weighted by molar-refractivity contribution is 5.89. The van der Waals surface area contributed by atoms with E-state index < -0.39 is 29.0 Å². The van der Waals surface area contributed by atoms with Gasteiger partial charge >= 0.3 is 12.2 Å². The standard InChI is InChI=1S/C22H26F3N7O3/c1-30-11-13(22(23,24)25)8-17(20(30)33)29-21(34)31(2)15-4-6-32(7-5-15)18-10-26-19-16(28-18)9-14(27-19)12-35-3/h8-11,15H,4-7,12H2,1-3H3,(H,26,27)(H,29,34). The number of alkyl halides is 3. The van der Waals surface area contributed by atoms with Crippen LogP contribution in [0.15, 0.2) is 29.3 Å². The van der Waals surface area contributed by atoms with Crippen LogP contribution >= 0.6 is 0 Å². The number of pyridine rings is 1. The smallest absolute Gasteiger partial charge is 0.378 e. The van der Waals surface area contributed by atoms with Crippen LogP contribution in [0.3, 0.4) is 0 Å². The van der Waals surface area contributed by atoms with Crippen molar-refractivity contribution in [3.63, 3.8) is 0 Å². The Bertz CT molecular complexity index is 1280. The predicted octanol–water partition coefficient (Wildman–Crippen LogP) is 2.95. The van der Waals surface area contributed by atoms with Crippen LogP contribution in [-0.4, -0.2) is 63.7 Å². The number of anilines is 2. The molecular weight excluding hydrogens is 467 g/mol. The summed E-state index contributed by atoms with van der Waals surface area (Å²) in [5, 5.41) is 2.34. The summed E-state index contributed by atoms with van der Waals surface area (Å²) in [7, 11) is 4.38. The number of rotatable bonds is 5. The van der Waals surface area contributed by atoms with Crippen molar-refractivity contribution in [3.8, 4) is 0 Å². The molecule has 0 aromatic carbocycles. The molecule has 1 saturated heterocycles. The molecule has 1 fully saturated rings. The van der Waals surface area contributed by atoms with Crippen molar-refractivity contribution in [3.05, 3.63) is 46.1 Å². The van der Waals surface area contributed by atoms with Crippen LogP contribution in [-0.2, 0) is 24.6 Å². The fourth-order valence-electron chi connectivity index (χ4n) is 4.14. The topological polar surface area (TPSA) is 108 Å². The molecule has 0 atom stereocenters. The van der Waals surface area contributed by atoms with Crippen molar-refractivity contribution < 1.29 is 22.7 Å². The number of carbonyl (C=O) groups excluding carboxylic acids is 1. The van der Waals surface area contributed by atoms with Crippen LogP contribution in [0, 0.1) is 0 Å². The summed E-state index contributed by atoms with van der Waals surface area (Å²) in [5.74, 6) is 0.721. The Labute approximate surface area is 198 Å². The fourth-order valence-corrected chi connectivity index (χ4v) is 4.14. The summed E-state index contributed by atoms with van der Waals surface area (Å²) in [6, 6.07) is 1.75. The summed E-state index contributed by atoms with van der Waals surface area (Å²) in [4.78, 5) is 40.7. The van der Waals surface area contributed by atoms with Crippen molar-refractivity contribution in [2.45, 2.75) is 31.7 Å². The van der Waals surface area contributed by atoms with E-state index in [1.807, 2.05) is 6.07 Å². The maximum absolute atomic E-state index is 13.1. The summed E-state index contributed by atoms with van der Waals surface area (Å²) < 4.78 is 45.2. The molecule has 2 amide bonds. The second-order valence-corrected chi connectivity index (χ2v) is 8.51. The minimum absolute atomic E-state index is 0.154. The molecule has 0 bridgehead atoms. The zero-order chi connectivity index (χ0) is 25.3. The number of methoxy groups -OCH3 is 1. The summed E-state index contributed by atoms with van der Waals surface area (Å²) >= 11 is 0. The number of nitrogens with one attached hydrogen (secondary N) is 2. The van der Waals surface area contributed by atoms with E-state index in [0.29, 0.717) is 50.4 Å². The van der Waals surface area contributed by atoms with Gasteiger partial charge in [0, 0.05) is 52.2 Å². The summed E-state index contributed by atoms with van der Waals surface area (Å²) in [6.45, 7) is 1.66. The predicted molar refractivity (Wildman–Crippen MR) is 123 cm³/mol. The lowest BCUT2D eigenvalue weighted by atomic mass is 10.0. The van der Waals surface area contributed by atoms with Crippen molar-refractivity contribution in [2.75, 3.05) is 37.5 Å². The highest BCUT2D eigenvalue weighted by Gasteiger charge is 2.33. The number of aromatic nitrogens is 4. The van der Waals surface area contributed by atoms with Gasteiger partial charge in [0.2, 0.25) is 0 Å². The lowest BCUT2D eigenvalue weighted by Gasteiger charge is -2.37. The molecular formula is C22H26F3N7O3. The van der Waals surface area contributed by atoms with Gasteiger partial charge < -0.3 is 29.4 Å². The number of aromatic amines is 1. The van der Waals surface area contributed by atoms with E-state index in [0.717, 1.165) is 21.6 Å². The van der Waals surface area contributed by atoms with Gasteiger partial charge in [-0.15, -0.1) is 0 Å². The highest BCUT2D eigenvalue weighted by Crippen LogP contribution is 2.30. The Kier molecular flexibility index (Phi) is 6.70. The number of hydrogen-bond acceptors (Lipinski definition) is 6. The molecule has 3 aromatic rings. The van der Waals surface area contributed by atoms with Crippen LogP contribution in [0.4, 0.5) is 29.5 Å². The number of halogens is 3.